The van der Waals surface area contributed by atoms with E-state index in [1.807, 2.05) is 17.8 Å². The number of fused-ring (bicyclic) bond motifs is 17. The summed E-state index contributed by atoms with van der Waals surface area (Å²) in [5.74, 6) is 0.848. The Morgan fingerprint density at radius 3 is 2.20 bits per heavy atom. The quantitative estimate of drug-likeness (QED) is 0.166. The van der Waals surface area contributed by atoms with Crippen LogP contribution in [-0.4, -0.2) is 27.0 Å². The number of thioether (sulfide) groups is 1. The minimum Gasteiger partial charge on any atom is -0.455 e. The molecule has 0 N–H and O–H groups in total. The number of aliphatic imine (C=N–C) groups is 2. The van der Waals surface area contributed by atoms with Gasteiger partial charge >= 0.3 is 0 Å². The summed E-state index contributed by atoms with van der Waals surface area (Å²) in [7, 11) is 0. The number of hydrogen-bond acceptors (Lipinski definition) is 5. The third kappa shape index (κ3) is 4.05. The van der Waals surface area contributed by atoms with Crippen molar-refractivity contribution in [2.24, 2.45) is 9.98 Å². The molecule has 3 atom stereocenters. The van der Waals surface area contributed by atoms with Crippen molar-refractivity contribution >= 4 is 79.2 Å². The van der Waals surface area contributed by atoms with Crippen molar-refractivity contribution in [3.8, 4) is 22.3 Å². The lowest BCUT2D eigenvalue weighted by Crippen LogP contribution is -2.44. The molecule has 284 valence electrons. The summed E-state index contributed by atoms with van der Waals surface area (Å²) in [6.07, 6.45) is 3.31. The van der Waals surface area contributed by atoms with Crippen LogP contribution in [0.4, 0.5) is 11.4 Å². The number of rotatable bonds is 1. The van der Waals surface area contributed by atoms with Crippen LogP contribution >= 0.6 is 11.8 Å². The molecule has 1 aliphatic carbocycles. The third-order valence-electron chi connectivity index (χ3n) is 13.9. The number of para-hydroxylation sites is 5. The van der Waals surface area contributed by atoms with E-state index in [-0.39, 0.29) is 10.9 Å². The van der Waals surface area contributed by atoms with Crippen LogP contribution in [0.5, 0.6) is 0 Å². The fourth-order valence-electron chi connectivity index (χ4n) is 11.2. The minimum absolute atomic E-state index is 0.130. The molecule has 0 radical (unpaired) electrons. The Morgan fingerprint density at radius 2 is 1.30 bits per heavy atom. The maximum Gasteiger partial charge on any atom is 0.160 e. The van der Waals surface area contributed by atoms with E-state index in [1.165, 1.54) is 66.2 Å². The number of benzene rings is 7. The van der Waals surface area contributed by atoms with Gasteiger partial charge in [0.05, 0.1) is 22.4 Å². The van der Waals surface area contributed by atoms with Crippen LogP contribution in [0.25, 0.3) is 66.7 Å². The number of anilines is 2. The monoisotopic (exact) mass is 788 g/mol. The van der Waals surface area contributed by atoms with Crippen molar-refractivity contribution < 1.29 is 4.42 Å². The van der Waals surface area contributed by atoms with Crippen LogP contribution in [0, 0.1) is 0 Å². The number of hydrogen-bond donors (Lipinski definition) is 0. The van der Waals surface area contributed by atoms with Crippen LogP contribution in [0.3, 0.4) is 0 Å². The molecule has 2 aromatic heterocycles. The number of furan rings is 1. The molecule has 0 fully saturated rings. The van der Waals surface area contributed by atoms with Gasteiger partial charge in [0, 0.05) is 55.4 Å². The predicted octanol–water partition coefficient (Wildman–Crippen LogP) is 13.3. The average Bonchev–Trinajstić information content (AvgIpc) is 3.96. The summed E-state index contributed by atoms with van der Waals surface area (Å²) < 4.78 is 9.18. The van der Waals surface area contributed by atoms with E-state index >= 15 is 0 Å². The maximum absolute atomic E-state index is 6.75. The molecule has 4 aliphatic heterocycles. The first-order chi connectivity index (χ1) is 29.5. The molecule has 0 saturated heterocycles. The van der Waals surface area contributed by atoms with Crippen molar-refractivity contribution in [2.75, 3.05) is 4.90 Å². The second-order valence-electron chi connectivity index (χ2n) is 17.1. The van der Waals surface area contributed by atoms with Gasteiger partial charge in [-0.25, -0.2) is 0 Å². The van der Waals surface area contributed by atoms with Crippen LogP contribution in [-0.2, 0) is 12.0 Å². The fourth-order valence-corrected chi connectivity index (χ4v) is 12.6. The fraction of sp³-hybridized carbons (Fsp3) is 0.111. The van der Waals surface area contributed by atoms with Gasteiger partial charge in [-0.3, -0.25) is 14.6 Å². The highest BCUT2D eigenvalue weighted by Crippen LogP contribution is 2.62. The standard InChI is InChI=1S/C54H36N4OS/c1-53-30-40-34-18-5-9-25-43(34)57(45(40)29-42(53)38-22-13-20-36-32-16-4-3-15-31(32)33-17-6-10-26-44(33)58(53)49(36)38)51-48(55-52-54(2,56-51)41-24-8-12-28-47(41)60-52)39-23-14-21-37-35-19-7-11-27-46(35)59-50(37)39/h3-29,52H,30H2,1-2H3. The Hall–Kier alpha value is -6.89. The molecule has 6 heterocycles. The van der Waals surface area contributed by atoms with Gasteiger partial charge in [0.1, 0.15) is 27.8 Å². The molecule has 60 heavy (non-hydrogen) atoms. The first-order valence-corrected chi connectivity index (χ1v) is 21.7. The molecule has 3 unspecified atom stereocenters. The molecular formula is C54H36N4OS. The van der Waals surface area contributed by atoms with Gasteiger partial charge in [0.2, 0.25) is 0 Å². The lowest BCUT2D eigenvalue weighted by atomic mass is 9.78. The van der Waals surface area contributed by atoms with Crippen molar-refractivity contribution in [2.45, 2.75) is 41.6 Å². The summed E-state index contributed by atoms with van der Waals surface area (Å²) in [5.41, 5.74) is 17.7. The zero-order chi connectivity index (χ0) is 39.5. The van der Waals surface area contributed by atoms with Gasteiger partial charge in [-0.1, -0.05) is 139 Å². The molecule has 0 amide bonds. The Morgan fingerprint density at radius 1 is 0.633 bits per heavy atom. The van der Waals surface area contributed by atoms with E-state index in [9.17, 15) is 0 Å². The molecule has 0 saturated carbocycles. The highest BCUT2D eigenvalue weighted by Gasteiger charge is 2.52. The summed E-state index contributed by atoms with van der Waals surface area (Å²) in [6.45, 7) is 4.72. The smallest absolute Gasteiger partial charge is 0.160 e. The zero-order valence-corrected chi connectivity index (χ0v) is 33.8. The largest absolute Gasteiger partial charge is 0.455 e. The van der Waals surface area contributed by atoms with Gasteiger partial charge in [-0.05, 0) is 78.1 Å². The van der Waals surface area contributed by atoms with Gasteiger partial charge in [0.25, 0.3) is 0 Å². The highest BCUT2D eigenvalue weighted by molar-refractivity contribution is 8.00. The van der Waals surface area contributed by atoms with Gasteiger partial charge in [-0.15, -0.1) is 0 Å². The number of aromatic nitrogens is 1. The van der Waals surface area contributed by atoms with Gasteiger partial charge in [0.15, 0.2) is 5.84 Å². The maximum atomic E-state index is 6.75. The second-order valence-corrected chi connectivity index (χ2v) is 18.3. The predicted molar refractivity (Wildman–Crippen MR) is 248 cm³/mol. The van der Waals surface area contributed by atoms with E-state index < -0.39 is 5.54 Å². The molecule has 5 aliphatic rings. The zero-order valence-electron chi connectivity index (χ0n) is 33.0. The van der Waals surface area contributed by atoms with Crippen molar-refractivity contribution in [1.82, 2.24) is 4.57 Å². The van der Waals surface area contributed by atoms with Crippen molar-refractivity contribution in [1.29, 1.82) is 0 Å². The molecule has 6 heteroatoms. The van der Waals surface area contributed by atoms with Gasteiger partial charge < -0.3 is 9.32 Å². The molecule has 0 bridgehead atoms. The topological polar surface area (TPSA) is 46.0 Å². The molecule has 9 aromatic rings. The summed E-state index contributed by atoms with van der Waals surface area (Å²) in [6, 6.07) is 57.2. The van der Waals surface area contributed by atoms with Crippen LogP contribution in [0.2, 0.25) is 0 Å². The summed E-state index contributed by atoms with van der Waals surface area (Å²) in [5, 5.41) is 3.30. The second kappa shape index (κ2) is 11.4. The molecule has 5 nitrogen and oxygen atoms in total. The summed E-state index contributed by atoms with van der Waals surface area (Å²) in [4.78, 5) is 15.6. The first-order valence-electron chi connectivity index (χ1n) is 20.8. The normalized spacial score (nSPS) is 21.6. The Labute approximate surface area is 351 Å². The Balaban J connectivity index is 1.06. The van der Waals surface area contributed by atoms with E-state index in [2.05, 4.69) is 181 Å². The van der Waals surface area contributed by atoms with Gasteiger partial charge in [-0.2, -0.15) is 0 Å². The molecule has 0 spiro atoms. The lowest BCUT2D eigenvalue weighted by Gasteiger charge is -2.41. The third-order valence-corrected chi connectivity index (χ3v) is 15.3. The first kappa shape index (κ1) is 33.0. The Bertz CT molecular complexity index is 3510. The van der Waals surface area contributed by atoms with Crippen molar-refractivity contribution in [3.05, 3.63) is 186 Å². The van der Waals surface area contributed by atoms with Crippen molar-refractivity contribution in [3.63, 3.8) is 0 Å². The van der Waals surface area contributed by atoms with E-state index in [1.54, 1.807) is 0 Å². The van der Waals surface area contributed by atoms with Crippen LogP contribution in [0.1, 0.15) is 41.8 Å². The summed E-state index contributed by atoms with van der Waals surface area (Å²) >= 11 is 1.81. The van der Waals surface area contributed by atoms with Crippen LogP contribution in [0.15, 0.2) is 177 Å². The molecular weight excluding hydrogens is 753 g/mol. The van der Waals surface area contributed by atoms with E-state index in [4.69, 9.17) is 14.4 Å². The Kier molecular flexibility index (Phi) is 6.29. The van der Waals surface area contributed by atoms with E-state index in [0.717, 1.165) is 56.7 Å². The van der Waals surface area contributed by atoms with Crippen LogP contribution < -0.4 is 4.90 Å². The SMILES string of the molecule is CC12N=C(n3c4c(c5ccccc53)CC3(C)C(=C4)c4cccc5c4N3c3ccccc3-c3ccccc3-5)C(c3cccc4c3oc3ccccc34)=NC1Sc1ccccc12. The molecule has 7 aromatic carbocycles. The lowest BCUT2D eigenvalue weighted by molar-refractivity contribution is 0.483. The van der Waals surface area contributed by atoms with E-state index in [0.29, 0.717) is 0 Å². The number of nitrogens with zero attached hydrogens (tertiary/aromatic N) is 4. The highest BCUT2D eigenvalue weighted by atomic mass is 32.2. The molecule has 14 rings (SSSR count). The minimum atomic E-state index is -0.573. The average molecular weight is 789 g/mol.